The summed E-state index contributed by atoms with van der Waals surface area (Å²) in [7, 11) is 0. The molecule has 0 heterocycles. The maximum Gasteiger partial charge on any atom is 0.0713 e. The van der Waals surface area contributed by atoms with Crippen LogP contribution in [0.3, 0.4) is 0 Å². The van der Waals surface area contributed by atoms with Crippen molar-refractivity contribution in [2.24, 2.45) is 0 Å². The molecule has 0 bridgehead atoms. The second kappa shape index (κ2) is 17.2. The minimum absolute atomic E-state index is 0.474. The molecule has 12 aromatic rings. The number of fused-ring (bicyclic) bond motifs is 5. The van der Waals surface area contributed by atoms with Gasteiger partial charge in [-0.2, -0.15) is 0 Å². The molecule has 0 aliphatic heterocycles. The van der Waals surface area contributed by atoms with Crippen molar-refractivity contribution in [1.82, 2.24) is 0 Å². The molecule has 0 spiro atoms. The molecule has 70 heavy (non-hydrogen) atoms. The van der Waals surface area contributed by atoms with E-state index in [2.05, 4.69) is 290 Å². The number of anilines is 3. The number of hydrogen-bond acceptors (Lipinski definition) is 1. The van der Waals surface area contributed by atoms with E-state index >= 15 is 0 Å². The van der Waals surface area contributed by atoms with E-state index in [0.717, 1.165) is 17.1 Å². The van der Waals surface area contributed by atoms with Gasteiger partial charge in [-0.25, -0.2) is 0 Å². The molecule has 0 fully saturated rings. The molecule has 0 atom stereocenters. The van der Waals surface area contributed by atoms with Gasteiger partial charge in [0.05, 0.1) is 5.41 Å². The second-order valence-electron chi connectivity index (χ2n) is 18.4. The zero-order valence-electron chi connectivity index (χ0n) is 38.6. The van der Waals surface area contributed by atoms with Crippen LogP contribution in [-0.4, -0.2) is 0 Å². The summed E-state index contributed by atoms with van der Waals surface area (Å²) in [5, 5.41) is 5.01. The Morgan fingerprint density at radius 3 is 1.44 bits per heavy atom. The molecule has 0 N–H and O–H groups in total. The van der Waals surface area contributed by atoms with Gasteiger partial charge in [0.2, 0.25) is 0 Å². The fourth-order valence-corrected chi connectivity index (χ4v) is 11.3. The first-order valence-electron chi connectivity index (χ1n) is 24.2. The molecular weight excluding hydrogens is 843 g/mol. The van der Waals surface area contributed by atoms with E-state index < -0.39 is 5.41 Å². The van der Waals surface area contributed by atoms with E-state index in [9.17, 15) is 0 Å². The average Bonchev–Trinajstić information content (AvgIpc) is 3.75. The van der Waals surface area contributed by atoms with Crippen molar-refractivity contribution < 1.29 is 0 Å². The summed E-state index contributed by atoms with van der Waals surface area (Å²) >= 11 is 0. The van der Waals surface area contributed by atoms with Gasteiger partial charge >= 0.3 is 0 Å². The van der Waals surface area contributed by atoms with E-state index in [-0.39, 0.29) is 0 Å². The van der Waals surface area contributed by atoms with Crippen molar-refractivity contribution in [2.45, 2.75) is 5.41 Å². The molecule has 0 saturated heterocycles. The van der Waals surface area contributed by atoms with Crippen molar-refractivity contribution in [3.63, 3.8) is 0 Å². The van der Waals surface area contributed by atoms with Gasteiger partial charge in [-0.3, -0.25) is 0 Å². The van der Waals surface area contributed by atoms with Crippen LogP contribution < -0.4 is 4.90 Å². The Kier molecular flexibility index (Phi) is 10.1. The lowest BCUT2D eigenvalue weighted by Crippen LogP contribution is -2.28. The molecule has 12 aromatic carbocycles. The summed E-state index contributed by atoms with van der Waals surface area (Å²) in [5.74, 6) is 0. The molecule has 328 valence electrons. The highest BCUT2D eigenvalue weighted by Gasteiger charge is 2.46. The summed E-state index contributed by atoms with van der Waals surface area (Å²) in [4.78, 5) is 2.40. The summed E-state index contributed by atoms with van der Waals surface area (Å²) in [6.07, 6.45) is 0. The molecule has 1 aliphatic carbocycles. The van der Waals surface area contributed by atoms with Gasteiger partial charge < -0.3 is 4.90 Å². The standard InChI is InChI=1S/C69H47N/c1-3-21-57(22-4-1)69(58-23-5-2-6-24-58)66-30-12-11-27-65(66)68-64(29-15-31-67(68)69)56-20-13-25-61(47-56)70(60-44-40-53(41-45-60)63-28-14-19-52-17-9-10-26-62(52)63)59-42-38-50(39-43-59)49-32-34-51(35-33-49)55-37-36-48-16-7-8-18-54(48)46-55/h1-47H. The van der Waals surface area contributed by atoms with Gasteiger partial charge in [0, 0.05) is 17.1 Å². The Morgan fingerprint density at radius 2 is 0.729 bits per heavy atom. The highest BCUT2D eigenvalue weighted by molar-refractivity contribution is 5.98. The largest absolute Gasteiger partial charge is 0.310 e. The predicted octanol–water partition coefficient (Wildman–Crippen LogP) is 18.5. The van der Waals surface area contributed by atoms with Crippen molar-refractivity contribution in [3.05, 3.63) is 307 Å². The lowest BCUT2D eigenvalue weighted by molar-refractivity contribution is 0.768. The SMILES string of the molecule is c1ccc(C2(c3ccccc3)c3ccccc3-c3c(-c4cccc(N(c5ccc(-c6ccc(-c7ccc8ccccc8c7)cc6)cc5)c5ccc(-c6cccc7ccccc67)cc5)c4)cccc32)cc1. The fourth-order valence-electron chi connectivity index (χ4n) is 11.3. The van der Waals surface area contributed by atoms with E-state index in [0.29, 0.717) is 0 Å². The first-order valence-corrected chi connectivity index (χ1v) is 24.2. The zero-order chi connectivity index (χ0) is 46.4. The third kappa shape index (κ3) is 6.94. The number of nitrogens with zero attached hydrogens (tertiary/aromatic N) is 1. The Hall–Kier alpha value is -9.04. The zero-order valence-corrected chi connectivity index (χ0v) is 38.6. The van der Waals surface area contributed by atoms with Crippen LogP contribution in [0.5, 0.6) is 0 Å². The lowest BCUT2D eigenvalue weighted by atomic mass is 9.67. The third-order valence-electron chi connectivity index (χ3n) is 14.6. The average molecular weight is 890 g/mol. The molecule has 0 amide bonds. The summed E-state index contributed by atoms with van der Waals surface area (Å²) in [6.45, 7) is 0. The third-order valence-corrected chi connectivity index (χ3v) is 14.6. The lowest BCUT2D eigenvalue weighted by Gasteiger charge is -2.34. The molecule has 13 rings (SSSR count). The van der Waals surface area contributed by atoms with E-state index in [1.54, 1.807) is 0 Å². The molecule has 0 saturated carbocycles. The first-order chi connectivity index (χ1) is 34.7. The Bertz CT molecular complexity index is 3810. The van der Waals surface area contributed by atoms with Gasteiger partial charge in [-0.05, 0) is 142 Å². The van der Waals surface area contributed by atoms with Crippen LogP contribution >= 0.6 is 0 Å². The molecule has 1 heteroatoms. The van der Waals surface area contributed by atoms with Crippen LogP contribution in [0.4, 0.5) is 17.1 Å². The van der Waals surface area contributed by atoms with Gasteiger partial charge in [0.25, 0.3) is 0 Å². The quantitative estimate of drug-likeness (QED) is 0.140. The summed E-state index contributed by atoms with van der Waals surface area (Å²) in [6, 6.07) is 105. The van der Waals surface area contributed by atoms with Crippen LogP contribution in [0.15, 0.2) is 285 Å². The Balaban J connectivity index is 0.920. The van der Waals surface area contributed by atoms with Gasteiger partial charge in [-0.1, -0.05) is 243 Å². The maximum atomic E-state index is 2.40. The predicted molar refractivity (Wildman–Crippen MR) is 295 cm³/mol. The topological polar surface area (TPSA) is 3.24 Å². The maximum absolute atomic E-state index is 2.40. The minimum Gasteiger partial charge on any atom is -0.310 e. The molecule has 1 aliphatic rings. The van der Waals surface area contributed by atoms with Gasteiger partial charge in [-0.15, -0.1) is 0 Å². The molecule has 0 radical (unpaired) electrons. The van der Waals surface area contributed by atoms with E-state index in [1.807, 2.05) is 0 Å². The van der Waals surface area contributed by atoms with Crippen LogP contribution in [-0.2, 0) is 5.41 Å². The minimum atomic E-state index is -0.474. The van der Waals surface area contributed by atoms with Crippen molar-refractivity contribution in [3.8, 4) is 55.6 Å². The van der Waals surface area contributed by atoms with Crippen molar-refractivity contribution >= 4 is 38.6 Å². The Labute approximate surface area is 409 Å². The van der Waals surface area contributed by atoms with Crippen molar-refractivity contribution in [2.75, 3.05) is 4.90 Å². The molecule has 1 nitrogen and oxygen atoms in total. The fraction of sp³-hybridized carbons (Fsp3) is 0.0145. The molecule has 0 aromatic heterocycles. The highest BCUT2D eigenvalue weighted by Crippen LogP contribution is 2.58. The van der Waals surface area contributed by atoms with Crippen LogP contribution in [0, 0.1) is 0 Å². The number of hydrogen-bond donors (Lipinski definition) is 0. The van der Waals surface area contributed by atoms with Crippen LogP contribution in [0.25, 0.3) is 77.2 Å². The first kappa shape index (κ1) is 41.2. The van der Waals surface area contributed by atoms with Crippen LogP contribution in [0.2, 0.25) is 0 Å². The van der Waals surface area contributed by atoms with Gasteiger partial charge in [0.1, 0.15) is 0 Å². The normalized spacial score (nSPS) is 12.4. The van der Waals surface area contributed by atoms with Gasteiger partial charge in [0.15, 0.2) is 0 Å². The van der Waals surface area contributed by atoms with Crippen LogP contribution in [0.1, 0.15) is 22.3 Å². The van der Waals surface area contributed by atoms with E-state index in [4.69, 9.17) is 0 Å². The Morgan fingerprint density at radius 1 is 0.243 bits per heavy atom. The number of benzene rings is 12. The second-order valence-corrected chi connectivity index (χ2v) is 18.4. The smallest absolute Gasteiger partial charge is 0.0713 e. The molecule has 0 unspecified atom stereocenters. The van der Waals surface area contributed by atoms with E-state index in [1.165, 1.54) is 99.4 Å². The van der Waals surface area contributed by atoms with Crippen molar-refractivity contribution in [1.29, 1.82) is 0 Å². The molecular formula is C69H47N. The monoisotopic (exact) mass is 889 g/mol. The number of rotatable bonds is 9. The highest BCUT2D eigenvalue weighted by atomic mass is 15.1. The summed E-state index contributed by atoms with van der Waals surface area (Å²) in [5.41, 5.74) is 20.1. The summed E-state index contributed by atoms with van der Waals surface area (Å²) < 4.78 is 0.